The van der Waals surface area contributed by atoms with Gasteiger partial charge in [0.2, 0.25) is 0 Å². The van der Waals surface area contributed by atoms with Gasteiger partial charge in [-0.3, -0.25) is 19.5 Å². The normalized spacial score (nSPS) is 22.1. The number of carbonyl (C=O) groups excluding carboxylic acids is 1. The van der Waals surface area contributed by atoms with Crippen LogP contribution in [-0.4, -0.2) is 56.4 Å². The molecule has 10 heteroatoms. The summed E-state index contributed by atoms with van der Waals surface area (Å²) in [6.45, 7) is 5.21. The third kappa shape index (κ3) is 4.50. The van der Waals surface area contributed by atoms with Crippen molar-refractivity contribution in [1.29, 1.82) is 0 Å². The number of pyridine rings is 3. The lowest BCUT2D eigenvalue weighted by molar-refractivity contribution is -0.0901. The van der Waals surface area contributed by atoms with Gasteiger partial charge in [-0.25, -0.2) is 13.8 Å². The molecule has 2 fully saturated rings. The van der Waals surface area contributed by atoms with E-state index in [-0.39, 0.29) is 36.2 Å². The van der Waals surface area contributed by atoms with Gasteiger partial charge >= 0.3 is 0 Å². The van der Waals surface area contributed by atoms with E-state index in [1.165, 1.54) is 12.3 Å². The Balaban J connectivity index is 1.14. The van der Waals surface area contributed by atoms with Crippen molar-refractivity contribution < 1.29 is 18.3 Å². The van der Waals surface area contributed by atoms with Crippen molar-refractivity contribution >= 4 is 16.9 Å². The van der Waals surface area contributed by atoms with Crippen LogP contribution in [-0.2, 0) is 6.54 Å². The summed E-state index contributed by atoms with van der Waals surface area (Å²) in [4.78, 5) is 37.7. The van der Waals surface area contributed by atoms with Crippen molar-refractivity contribution in [2.24, 2.45) is 0 Å². The number of carbonyl (C=O) groups is 1. The van der Waals surface area contributed by atoms with Crippen LogP contribution in [0.5, 0.6) is 5.75 Å². The molecule has 0 unspecified atom stereocenters. The van der Waals surface area contributed by atoms with Gasteiger partial charge in [0.05, 0.1) is 17.2 Å². The average Bonchev–Trinajstić information content (AvgIpc) is 2.78. The van der Waals surface area contributed by atoms with Crippen LogP contribution in [0.4, 0.5) is 8.78 Å². The molecule has 3 aromatic heterocycles. The highest BCUT2D eigenvalue weighted by Gasteiger charge is 2.46. The minimum Gasteiger partial charge on any atom is -0.486 e. The van der Waals surface area contributed by atoms with Gasteiger partial charge in [-0.1, -0.05) is 0 Å². The number of H-pyrrole nitrogens is 1. The number of amides is 1. The van der Waals surface area contributed by atoms with E-state index < -0.39 is 17.9 Å². The van der Waals surface area contributed by atoms with E-state index in [4.69, 9.17) is 4.74 Å². The van der Waals surface area contributed by atoms with Crippen molar-refractivity contribution in [3.63, 3.8) is 0 Å². The molecule has 34 heavy (non-hydrogen) atoms. The highest BCUT2D eigenvalue weighted by atomic mass is 19.3. The number of hydrogen-bond acceptors (Lipinski definition) is 6. The molecular formula is C24H25F2N5O3. The fraction of sp³-hybridized carbons (Fsp3) is 0.417. The summed E-state index contributed by atoms with van der Waals surface area (Å²) in [7, 11) is 0. The summed E-state index contributed by atoms with van der Waals surface area (Å²) in [5, 5.41) is 2.57. The van der Waals surface area contributed by atoms with Gasteiger partial charge in [0.1, 0.15) is 17.5 Å². The van der Waals surface area contributed by atoms with Crippen molar-refractivity contribution in [2.75, 3.05) is 6.54 Å². The van der Waals surface area contributed by atoms with Crippen LogP contribution in [0.15, 0.2) is 41.5 Å². The zero-order valence-corrected chi connectivity index (χ0v) is 18.8. The number of likely N-dealkylation sites (tertiary alicyclic amines) is 1. The zero-order valence-electron chi connectivity index (χ0n) is 18.8. The molecule has 5 rings (SSSR count). The molecule has 1 saturated heterocycles. The van der Waals surface area contributed by atoms with Gasteiger partial charge in [-0.2, -0.15) is 0 Å². The first-order chi connectivity index (χ1) is 16.2. The molecule has 1 aliphatic heterocycles. The first-order valence-corrected chi connectivity index (χ1v) is 11.2. The number of nitrogens with zero attached hydrogens (tertiary/aromatic N) is 3. The van der Waals surface area contributed by atoms with Gasteiger partial charge < -0.3 is 15.0 Å². The summed E-state index contributed by atoms with van der Waals surface area (Å²) in [5.41, 5.74) is 3.17. The molecule has 0 radical (unpaired) electrons. The minimum absolute atomic E-state index is 0.0328. The number of aromatic nitrogens is 3. The molecule has 2 aliphatic rings. The maximum absolute atomic E-state index is 12.9. The Labute approximate surface area is 194 Å². The van der Waals surface area contributed by atoms with E-state index in [0.29, 0.717) is 24.4 Å². The van der Waals surface area contributed by atoms with Crippen molar-refractivity contribution in [1.82, 2.24) is 25.2 Å². The van der Waals surface area contributed by atoms with Crippen LogP contribution in [0, 0.1) is 6.92 Å². The van der Waals surface area contributed by atoms with Gasteiger partial charge in [0.15, 0.2) is 0 Å². The molecule has 3 aromatic rings. The quantitative estimate of drug-likeness (QED) is 0.576. The largest absolute Gasteiger partial charge is 0.486 e. The highest BCUT2D eigenvalue weighted by molar-refractivity contribution is 5.92. The Morgan fingerprint density at radius 3 is 2.74 bits per heavy atom. The Morgan fingerprint density at radius 1 is 1.26 bits per heavy atom. The van der Waals surface area contributed by atoms with E-state index in [9.17, 15) is 18.4 Å². The number of halogens is 2. The molecule has 2 N–H and O–H groups in total. The number of fused-ring (bicyclic) bond motifs is 1. The second-order valence-electron chi connectivity index (χ2n) is 9.20. The topological polar surface area (TPSA) is 100 Å². The molecule has 8 nitrogen and oxygen atoms in total. The third-order valence-electron chi connectivity index (χ3n) is 6.53. The average molecular weight is 469 g/mol. The maximum atomic E-state index is 12.9. The lowest BCUT2D eigenvalue weighted by Gasteiger charge is -2.45. The molecule has 178 valence electrons. The van der Waals surface area contributed by atoms with Crippen molar-refractivity contribution in [3.8, 4) is 5.75 Å². The molecular weight excluding hydrogens is 444 g/mol. The first kappa shape index (κ1) is 22.4. The minimum atomic E-state index is -2.68. The van der Waals surface area contributed by atoms with Crippen LogP contribution in [0.25, 0.3) is 11.0 Å². The maximum Gasteiger partial charge on any atom is 0.270 e. The standard InChI is InChI=1S/C24H25F2N5O3/c1-13-5-19-20(30-22(13)32)6-15(9-27-19)11-31-12-21(14(31)2)34-17-3-4-18(28-10-17)23(33)29-16-7-24(25,26)8-16/h3-6,9-10,14,16,21H,7-8,11-12H2,1-2H3,(H,29,33)(H,30,32)/t14-,21+/m1/s1. The molecule has 0 bridgehead atoms. The smallest absolute Gasteiger partial charge is 0.270 e. The molecule has 1 amide bonds. The predicted molar refractivity (Wildman–Crippen MR) is 121 cm³/mol. The first-order valence-electron chi connectivity index (χ1n) is 11.2. The summed E-state index contributed by atoms with van der Waals surface area (Å²) >= 11 is 0. The van der Waals surface area contributed by atoms with E-state index in [1.807, 2.05) is 12.3 Å². The number of nitrogens with one attached hydrogen (secondary N) is 2. The summed E-state index contributed by atoms with van der Waals surface area (Å²) in [6.07, 6.45) is 2.60. The van der Waals surface area contributed by atoms with Crippen LogP contribution >= 0.6 is 0 Å². The van der Waals surface area contributed by atoms with E-state index in [0.717, 1.165) is 16.6 Å². The van der Waals surface area contributed by atoms with Crippen LogP contribution in [0.2, 0.25) is 0 Å². The van der Waals surface area contributed by atoms with Gasteiger partial charge in [0, 0.05) is 49.8 Å². The second kappa shape index (κ2) is 8.43. The van der Waals surface area contributed by atoms with Gasteiger partial charge in [-0.15, -0.1) is 0 Å². The molecule has 1 aliphatic carbocycles. The van der Waals surface area contributed by atoms with E-state index in [1.54, 1.807) is 19.1 Å². The number of rotatable bonds is 6. The summed E-state index contributed by atoms with van der Waals surface area (Å²) in [5.74, 6) is -2.60. The van der Waals surface area contributed by atoms with Gasteiger partial charge in [-0.05, 0) is 43.7 Å². The van der Waals surface area contributed by atoms with Crippen LogP contribution in [0.1, 0.15) is 41.4 Å². The van der Waals surface area contributed by atoms with E-state index in [2.05, 4.69) is 32.1 Å². The fourth-order valence-electron chi connectivity index (χ4n) is 4.32. The lowest BCUT2D eigenvalue weighted by Crippen LogP contribution is -2.60. The number of alkyl halides is 2. The molecule has 4 heterocycles. The Bertz CT molecular complexity index is 1290. The molecule has 0 aromatic carbocycles. The summed E-state index contributed by atoms with van der Waals surface area (Å²) < 4.78 is 31.9. The zero-order chi connectivity index (χ0) is 24.0. The molecule has 0 spiro atoms. The van der Waals surface area contributed by atoms with Crippen LogP contribution < -0.4 is 15.6 Å². The molecule has 2 atom stereocenters. The molecule has 1 saturated carbocycles. The van der Waals surface area contributed by atoms with Crippen molar-refractivity contribution in [3.05, 3.63) is 63.8 Å². The Morgan fingerprint density at radius 2 is 2.06 bits per heavy atom. The number of ether oxygens (including phenoxy) is 1. The summed E-state index contributed by atoms with van der Waals surface area (Å²) in [6, 6.07) is 6.57. The number of hydrogen-bond donors (Lipinski definition) is 2. The second-order valence-corrected chi connectivity index (χ2v) is 9.20. The number of aromatic amines is 1. The highest BCUT2D eigenvalue weighted by Crippen LogP contribution is 2.37. The predicted octanol–water partition coefficient (Wildman–Crippen LogP) is 2.81. The lowest BCUT2D eigenvalue weighted by atomic mass is 9.88. The SMILES string of the molecule is Cc1cc2ncc(CN3C[C@H](Oc4ccc(C(=O)NC5CC(F)(F)C5)nc4)[C@H]3C)cc2[nH]c1=O. The fourth-order valence-corrected chi connectivity index (χ4v) is 4.32. The Kier molecular flexibility index (Phi) is 5.55. The van der Waals surface area contributed by atoms with Crippen molar-refractivity contribution in [2.45, 2.75) is 57.3 Å². The number of aryl methyl sites for hydroxylation is 1. The van der Waals surface area contributed by atoms with E-state index >= 15 is 0 Å². The Hall–Kier alpha value is -3.40. The third-order valence-corrected chi connectivity index (χ3v) is 6.53. The van der Waals surface area contributed by atoms with Gasteiger partial charge in [0.25, 0.3) is 17.4 Å². The van der Waals surface area contributed by atoms with Crippen LogP contribution in [0.3, 0.4) is 0 Å². The monoisotopic (exact) mass is 469 g/mol.